The van der Waals surface area contributed by atoms with Gasteiger partial charge in [0.25, 0.3) is 17.3 Å². The van der Waals surface area contributed by atoms with Crippen LogP contribution in [0.2, 0.25) is 0 Å². The fraction of sp³-hybridized carbons (Fsp3) is 0. The average Bonchev–Trinajstić information content (AvgIpc) is 3.32. The molecule has 1 saturated heterocycles. The van der Waals surface area contributed by atoms with Crippen LogP contribution in [-0.4, -0.2) is 24.6 Å². The third kappa shape index (κ3) is 3.96. The monoisotopic (exact) mass is 452 g/mol. The number of anilines is 1. The second-order valence-electron chi connectivity index (χ2n) is 6.37. The Morgan fingerprint density at radius 3 is 1.97 bits per heavy atom. The van der Waals surface area contributed by atoms with E-state index >= 15 is 0 Å². The molecule has 0 radical (unpaired) electrons. The van der Waals surface area contributed by atoms with Crippen LogP contribution in [0.25, 0.3) is 11.8 Å². The molecule has 4 rings (SSSR count). The predicted molar refractivity (Wildman–Crippen MR) is 121 cm³/mol. The number of nitro groups is 2. The average molecular weight is 452 g/mol. The molecular weight excluding hydrogens is 440 g/mol. The quantitative estimate of drug-likeness (QED) is 0.239. The van der Waals surface area contributed by atoms with Crippen LogP contribution in [0.15, 0.2) is 71.8 Å². The van der Waals surface area contributed by atoms with E-state index in [4.69, 9.17) is 12.2 Å². The summed E-state index contributed by atoms with van der Waals surface area (Å²) in [5, 5.41) is 21.7. The number of non-ortho nitro benzene ring substituents is 2. The maximum absolute atomic E-state index is 13.0. The van der Waals surface area contributed by atoms with Crippen LogP contribution in [0.5, 0.6) is 0 Å². The molecule has 31 heavy (non-hydrogen) atoms. The first-order valence-corrected chi connectivity index (χ1v) is 10.0. The van der Waals surface area contributed by atoms with Crippen molar-refractivity contribution in [2.75, 3.05) is 4.90 Å². The fourth-order valence-electron chi connectivity index (χ4n) is 3.03. The Labute approximate surface area is 184 Å². The molecule has 1 aliphatic rings. The maximum atomic E-state index is 13.0. The summed E-state index contributed by atoms with van der Waals surface area (Å²) in [6.45, 7) is 0. The van der Waals surface area contributed by atoms with Crippen molar-refractivity contribution in [3.05, 3.63) is 97.7 Å². The Bertz CT molecular complexity index is 1250. The zero-order valence-corrected chi connectivity index (χ0v) is 17.2. The van der Waals surface area contributed by atoms with Crippen LogP contribution in [0.3, 0.4) is 0 Å². The standard InChI is InChI=1S/C20H12N4O5S2/c25-19-18(31-20(30)22(19)14-5-9-16(10-6-14)24(28)29)12-17-2-1-11-21(17)13-3-7-15(8-4-13)23(26)27/h1-12H/b18-12+. The van der Waals surface area contributed by atoms with Crippen molar-refractivity contribution in [3.63, 3.8) is 0 Å². The van der Waals surface area contributed by atoms with E-state index in [1.807, 2.05) is 0 Å². The number of benzene rings is 2. The first-order valence-electron chi connectivity index (χ1n) is 8.80. The lowest BCUT2D eigenvalue weighted by atomic mass is 10.2. The van der Waals surface area contributed by atoms with Gasteiger partial charge in [-0.3, -0.25) is 29.9 Å². The highest BCUT2D eigenvalue weighted by Crippen LogP contribution is 2.36. The van der Waals surface area contributed by atoms with Gasteiger partial charge in [-0.2, -0.15) is 0 Å². The Balaban J connectivity index is 1.63. The van der Waals surface area contributed by atoms with E-state index in [1.165, 1.54) is 41.3 Å². The molecule has 1 aromatic heterocycles. The molecule has 1 aliphatic heterocycles. The van der Waals surface area contributed by atoms with Gasteiger partial charge in [-0.05, 0) is 42.5 Å². The predicted octanol–water partition coefficient (Wildman–Crippen LogP) is 4.70. The number of rotatable bonds is 5. The normalized spacial score (nSPS) is 15.0. The minimum absolute atomic E-state index is 0.0126. The van der Waals surface area contributed by atoms with E-state index in [2.05, 4.69) is 0 Å². The van der Waals surface area contributed by atoms with Crippen LogP contribution in [0, 0.1) is 20.2 Å². The number of amides is 1. The molecule has 154 valence electrons. The molecule has 0 aliphatic carbocycles. The van der Waals surface area contributed by atoms with Crippen molar-refractivity contribution in [3.8, 4) is 5.69 Å². The molecule has 0 unspecified atom stereocenters. The molecule has 0 spiro atoms. The lowest BCUT2D eigenvalue weighted by Crippen LogP contribution is -2.27. The first-order chi connectivity index (χ1) is 14.8. The largest absolute Gasteiger partial charge is 0.317 e. The van der Waals surface area contributed by atoms with E-state index < -0.39 is 9.85 Å². The zero-order chi connectivity index (χ0) is 22.1. The summed E-state index contributed by atoms with van der Waals surface area (Å²) in [6, 6.07) is 15.3. The summed E-state index contributed by atoms with van der Waals surface area (Å²) in [6.07, 6.45) is 3.47. The van der Waals surface area contributed by atoms with Gasteiger partial charge in [0.2, 0.25) is 0 Å². The maximum Gasteiger partial charge on any atom is 0.270 e. The summed E-state index contributed by atoms with van der Waals surface area (Å²) >= 11 is 6.47. The molecule has 2 aromatic carbocycles. The molecule has 1 fully saturated rings. The third-order valence-electron chi connectivity index (χ3n) is 4.51. The highest BCUT2D eigenvalue weighted by Gasteiger charge is 2.33. The third-order valence-corrected chi connectivity index (χ3v) is 5.81. The van der Waals surface area contributed by atoms with Gasteiger partial charge in [0.05, 0.1) is 20.4 Å². The lowest BCUT2D eigenvalue weighted by molar-refractivity contribution is -0.385. The molecule has 1 amide bonds. The van der Waals surface area contributed by atoms with Crippen molar-refractivity contribution >= 4 is 57.3 Å². The summed E-state index contributed by atoms with van der Waals surface area (Å²) in [5.41, 5.74) is 1.75. The number of aromatic nitrogens is 1. The highest BCUT2D eigenvalue weighted by atomic mass is 32.2. The molecule has 0 N–H and O–H groups in total. The van der Waals surface area contributed by atoms with E-state index in [9.17, 15) is 25.0 Å². The topological polar surface area (TPSA) is 112 Å². The van der Waals surface area contributed by atoms with Crippen molar-refractivity contribution in [1.29, 1.82) is 0 Å². The summed E-state index contributed by atoms with van der Waals surface area (Å²) in [5.74, 6) is -0.333. The second kappa shape index (κ2) is 8.13. The molecular formula is C20H12N4O5S2. The Morgan fingerprint density at radius 1 is 0.871 bits per heavy atom. The molecule has 9 nitrogen and oxygen atoms in total. The van der Waals surface area contributed by atoms with Crippen LogP contribution in [-0.2, 0) is 4.79 Å². The van der Waals surface area contributed by atoms with Crippen molar-refractivity contribution in [2.45, 2.75) is 0 Å². The SMILES string of the molecule is O=C1/C(=C\c2cccn2-c2ccc([N+](=O)[O-])cc2)SC(=S)N1c1ccc([N+](=O)[O-])cc1. The van der Waals surface area contributed by atoms with Gasteiger partial charge in [0.15, 0.2) is 4.32 Å². The number of hydrogen-bond acceptors (Lipinski definition) is 7. The molecule has 0 saturated carbocycles. The van der Waals surface area contributed by atoms with E-state index in [-0.39, 0.29) is 17.3 Å². The van der Waals surface area contributed by atoms with E-state index in [0.717, 1.165) is 11.8 Å². The highest BCUT2D eigenvalue weighted by molar-refractivity contribution is 8.27. The van der Waals surface area contributed by atoms with Crippen LogP contribution in [0.1, 0.15) is 5.69 Å². The van der Waals surface area contributed by atoms with Gasteiger partial charge in [-0.15, -0.1) is 0 Å². The number of hydrogen-bond donors (Lipinski definition) is 0. The van der Waals surface area contributed by atoms with Crippen molar-refractivity contribution < 1.29 is 14.6 Å². The fourth-order valence-corrected chi connectivity index (χ4v) is 4.31. The molecule has 0 atom stereocenters. The Kier molecular flexibility index (Phi) is 5.36. The number of carbonyl (C=O) groups excluding carboxylic acids is 1. The van der Waals surface area contributed by atoms with Gasteiger partial charge in [-0.1, -0.05) is 24.0 Å². The minimum Gasteiger partial charge on any atom is -0.317 e. The summed E-state index contributed by atoms with van der Waals surface area (Å²) < 4.78 is 2.11. The molecule has 2 heterocycles. The van der Waals surface area contributed by atoms with E-state index in [0.29, 0.717) is 26.3 Å². The molecule has 11 heteroatoms. The van der Waals surface area contributed by atoms with Crippen LogP contribution < -0.4 is 4.90 Å². The van der Waals surface area contributed by atoms with Gasteiger partial charge in [-0.25, -0.2) is 0 Å². The van der Waals surface area contributed by atoms with Gasteiger partial charge >= 0.3 is 0 Å². The second-order valence-corrected chi connectivity index (χ2v) is 8.04. The number of nitro benzene ring substituents is 2. The van der Waals surface area contributed by atoms with Gasteiger partial charge in [0.1, 0.15) is 0 Å². The zero-order valence-electron chi connectivity index (χ0n) is 15.6. The van der Waals surface area contributed by atoms with Crippen molar-refractivity contribution in [2.24, 2.45) is 0 Å². The molecule has 0 bridgehead atoms. The summed E-state index contributed by atoms with van der Waals surface area (Å²) in [4.78, 5) is 35.4. The van der Waals surface area contributed by atoms with Crippen LogP contribution in [0.4, 0.5) is 17.1 Å². The Hall–Kier alpha value is -3.83. The van der Waals surface area contributed by atoms with Gasteiger partial charge in [0, 0.05) is 41.8 Å². The lowest BCUT2D eigenvalue weighted by Gasteiger charge is -2.14. The number of carbonyl (C=O) groups is 1. The number of thioether (sulfide) groups is 1. The first kappa shape index (κ1) is 20.4. The smallest absolute Gasteiger partial charge is 0.270 e. The summed E-state index contributed by atoms with van der Waals surface area (Å²) in [7, 11) is 0. The minimum atomic E-state index is -0.514. The van der Waals surface area contributed by atoms with E-state index in [1.54, 1.807) is 41.1 Å². The van der Waals surface area contributed by atoms with Gasteiger partial charge < -0.3 is 4.57 Å². The van der Waals surface area contributed by atoms with Crippen LogP contribution >= 0.6 is 24.0 Å². The molecule has 3 aromatic rings. The number of nitrogens with zero attached hydrogens (tertiary/aromatic N) is 4. The Morgan fingerprint density at radius 2 is 1.42 bits per heavy atom. The van der Waals surface area contributed by atoms with Crippen molar-refractivity contribution in [1.82, 2.24) is 4.57 Å². The number of thiocarbonyl (C=S) groups is 1.